The van der Waals surface area contributed by atoms with Crippen LogP contribution in [0.25, 0.3) is 0 Å². The second kappa shape index (κ2) is 6.06. The molecule has 1 atom stereocenters. The van der Waals surface area contributed by atoms with Crippen LogP contribution in [0.2, 0.25) is 0 Å². The molecule has 1 heterocycles. The van der Waals surface area contributed by atoms with E-state index in [1.165, 1.54) is 17.7 Å². The molecule has 0 amide bonds. The molecule has 0 aliphatic carbocycles. The van der Waals surface area contributed by atoms with Gasteiger partial charge in [-0.25, -0.2) is 4.39 Å². The Morgan fingerprint density at radius 3 is 2.95 bits per heavy atom. The lowest BCUT2D eigenvalue weighted by Crippen LogP contribution is -2.22. The Bertz CT molecular complexity index is 657. The lowest BCUT2D eigenvalue weighted by Gasteiger charge is -2.15. The predicted octanol–water partition coefficient (Wildman–Crippen LogP) is 4.41. The van der Waals surface area contributed by atoms with Crippen LogP contribution in [-0.2, 0) is 11.8 Å². The summed E-state index contributed by atoms with van der Waals surface area (Å²) in [6.45, 7) is 2.51. The van der Waals surface area contributed by atoms with Crippen molar-refractivity contribution >= 4 is 15.9 Å². The molecule has 0 fully saturated rings. The first kappa shape index (κ1) is 14.4. The van der Waals surface area contributed by atoms with Crippen molar-refractivity contribution < 1.29 is 13.9 Å². The van der Waals surface area contributed by atoms with Gasteiger partial charge in [-0.15, -0.1) is 0 Å². The Balaban J connectivity index is 1.65. The predicted molar refractivity (Wildman–Crippen MR) is 83.8 cm³/mol. The average Bonchev–Trinajstić information content (AvgIpc) is 2.87. The molecule has 0 N–H and O–H groups in total. The molecule has 1 unspecified atom stereocenters. The van der Waals surface area contributed by atoms with Gasteiger partial charge in [0.15, 0.2) is 0 Å². The molecule has 1 aliphatic heterocycles. The first-order valence-electron chi connectivity index (χ1n) is 6.89. The SMILES string of the molecule is Cc1ccc(OCC2Cc3cc(F)ccc3O2)c(CBr)c1. The van der Waals surface area contributed by atoms with E-state index in [-0.39, 0.29) is 11.9 Å². The Morgan fingerprint density at radius 1 is 1.29 bits per heavy atom. The summed E-state index contributed by atoms with van der Waals surface area (Å²) >= 11 is 3.47. The van der Waals surface area contributed by atoms with Gasteiger partial charge in [-0.05, 0) is 31.2 Å². The van der Waals surface area contributed by atoms with Gasteiger partial charge in [0.25, 0.3) is 0 Å². The molecule has 0 radical (unpaired) electrons. The number of aryl methyl sites for hydroxylation is 1. The van der Waals surface area contributed by atoms with Crippen LogP contribution in [-0.4, -0.2) is 12.7 Å². The number of rotatable bonds is 4. The third kappa shape index (κ3) is 3.21. The van der Waals surface area contributed by atoms with Gasteiger partial charge in [0.1, 0.15) is 30.0 Å². The van der Waals surface area contributed by atoms with Crippen LogP contribution in [0.3, 0.4) is 0 Å². The molecule has 110 valence electrons. The second-order valence-electron chi connectivity index (χ2n) is 5.25. The van der Waals surface area contributed by atoms with Crippen molar-refractivity contribution in [3.8, 4) is 11.5 Å². The van der Waals surface area contributed by atoms with Crippen LogP contribution in [0.4, 0.5) is 4.39 Å². The largest absolute Gasteiger partial charge is 0.489 e. The number of benzene rings is 2. The van der Waals surface area contributed by atoms with Crippen molar-refractivity contribution in [3.63, 3.8) is 0 Å². The molecule has 0 saturated carbocycles. The number of fused-ring (bicyclic) bond motifs is 1. The molecular formula is C17H16BrFO2. The Kier molecular flexibility index (Phi) is 4.15. The molecule has 0 aromatic heterocycles. The van der Waals surface area contributed by atoms with Crippen molar-refractivity contribution in [1.82, 2.24) is 0 Å². The summed E-state index contributed by atoms with van der Waals surface area (Å²) in [4.78, 5) is 0. The maximum atomic E-state index is 13.2. The number of ether oxygens (including phenoxy) is 2. The van der Waals surface area contributed by atoms with Crippen molar-refractivity contribution in [2.24, 2.45) is 0 Å². The van der Waals surface area contributed by atoms with E-state index in [1.807, 2.05) is 12.1 Å². The van der Waals surface area contributed by atoms with E-state index >= 15 is 0 Å². The van der Waals surface area contributed by atoms with E-state index in [4.69, 9.17) is 9.47 Å². The van der Waals surface area contributed by atoms with Gasteiger partial charge in [-0.3, -0.25) is 0 Å². The highest BCUT2D eigenvalue weighted by atomic mass is 79.9. The van der Waals surface area contributed by atoms with Crippen LogP contribution in [0.1, 0.15) is 16.7 Å². The summed E-state index contributed by atoms with van der Waals surface area (Å²) in [6.07, 6.45) is 0.620. The molecule has 21 heavy (non-hydrogen) atoms. The lowest BCUT2D eigenvalue weighted by atomic mass is 10.1. The van der Waals surface area contributed by atoms with Gasteiger partial charge in [0.2, 0.25) is 0 Å². The van der Waals surface area contributed by atoms with Crippen molar-refractivity contribution in [2.45, 2.75) is 24.8 Å². The third-order valence-corrected chi connectivity index (χ3v) is 4.15. The molecule has 0 bridgehead atoms. The van der Waals surface area contributed by atoms with E-state index in [0.29, 0.717) is 13.0 Å². The molecule has 2 aromatic rings. The van der Waals surface area contributed by atoms with Crippen LogP contribution >= 0.6 is 15.9 Å². The minimum atomic E-state index is -0.223. The minimum absolute atomic E-state index is 0.0636. The van der Waals surface area contributed by atoms with Gasteiger partial charge in [-0.2, -0.15) is 0 Å². The molecule has 0 spiro atoms. The van der Waals surface area contributed by atoms with Gasteiger partial charge in [-0.1, -0.05) is 33.6 Å². The van der Waals surface area contributed by atoms with E-state index < -0.39 is 0 Å². The Hall–Kier alpha value is -1.55. The van der Waals surface area contributed by atoms with Gasteiger partial charge < -0.3 is 9.47 Å². The number of alkyl halides is 1. The molecule has 2 aromatic carbocycles. The van der Waals surface area contributed by atoms with Crippen molar-refractivity contribution in [2.75, 3.05) is 6.61 Å². The summed E-state index contributed by atoms with van der Waals surface area (Å²) in [5.41, 5.74) is 3.24. The smallest absolute Gasteiger partial charge is 0.137 e. The Labute approximate surface area is 132 Å². The lowest BCUT2D eigenvalue weighted by molar-refractivity contribution is 0.148. The van der Waals surface area contributed by atoms with Crippen molar-refractivity contribution in [1.29, 1.82) is 0 Å². The standard InChI is InChI=1S/C17H16BrFO2/c1-11-2-4-16(13(6-11)9-18)20-10-15-8-12-7-14(19)3-5-17(12)21-15/h2-7,15H,8-10H2,1H3. The zero-order valence-corrected chi connectivity index (χ0v) is 13.3. The highest BCUT2D eigenvalue weighted by Gasteiger charge is 2.24. The molecular weight excluding hydrogens is 335 g/mol. The van der Waals surface area contributed by atoms with Crippen molar-refractivity contribution in [3.05, 3.63) is 58.9 Å². The van der Waals surface area contributed by atoms with E-state index in [0.717, 1.165) is 28.0 Å². The van der Waals surface area contributed by atoms with Crippen LogP contribution < -0.4 is 9.47 Å². The fourth-order valence-corrected chi connectivity index (χ4v) is 2.96. The molecule has 2 nitrogen and oxygen atoms in total. The van der Waals surface area contributed by atoms with E-state index in [1.54, 1.807) is 6.07 Å². The summed E-state index contributed by atoms with van der Waals surface area (Å²) in [6, 6.07) is 10.7. The molecule has 4 heteroatoms. The fourth-order valence-electron chi connectivity index (χ4n) is 2.52. The summed E-state index contributed by atoms with van der Waals surface area (Å²) in [7, 11) is 0. The van der Waals surface area contributed by atoms with E-state index in [2.05, 4.69) is 28.9 Å². The van der Waals surface area contributed by atoms with E-state index in [9.17, 15) is 4.39 Å². The van der Waals surface area contributed by atoms with Gasteiger partial charge in [0, 0.05) is 22.9 Å². The normalized spacial score (nSPS) is 16.4. The Morgan fingerprint density at radius 2 is 2.14 bits per heavy atom. The van der Waals surface area contributed by atoms with Gasteiger partial charge >= 0.3 is 0 Å². The maximum Gasteiger partial charge on any atom is 0.137 e. The van der Waals surface area contributed by atoms with Crippen LogP contribution in [0.15, 0.2) is 36.4 Å². The average molecular weight is 351 g/mol. The maximum absolute atomic E-state index is 13.2. The third-order valence-electron chi connectivity index (χ3n) is 3.55. The summed E-state index contributed by atoms with van der Waals surface area (Å²) in [5, 5.41) is 0.751. The molecule has 3 rings (SSSR count). The minimum Gasteiger partial charge on any atom is -0.489 e. The summed E-state index contributed by atoms with van der Waals surface area (Å²) < 4.78 is 24.8. The zero-order chi connectivity index (χ0) is 14.8. The zero-order valence-electron chi connectivity index (χ0n) is 11.7. The first-order valence-corrected chi connectivity index (χ1v) is 8.01. The summed E-state index contributed by atoms with van der Waals surface area (Å²) in [5.74, 6) is 1.40. The highest BCUT2D eigenvalue weighted by molar-refractivity contribution is 9.08. The van der Waals surface area contributed by atoms with Crippen LogP contribution in [0, 0.1) is 12.7 Å². The van der Waals surface area contributed by atoms with Crippen LogP contribution in [0.5, 0.6) is 11.5 Å². The number of hydrogen-bond donors (Lipinski definition) is 0. The van der Waals surface area contributed by atoms with Gasteiger partial charge in [0.05, 0.1) is 0 Å². The quantitative estimate of drug-likeness (QED) is 0.760. The molecule has 0 saturated heterocycles. The number of halogens is 2. The first-order chi connectivity index (χ1) is 10.2. The fraction of sp³-hybridized carbons (Fsp3) is 0.294. The molecule has 1 aliphatic rings. The topological polar surface area (TPSA) is 18.5 Å². The highest BCUT2D eigenvalue weighted by Crippen LogP contribution is 2.30. The monoisotopic (exact) mass is 350 g/mol. The second-order valence-corrected chi connectivity index (χ2v) is 5.81. The number of hydrogen-bond acceptors (Lipinski definition) is 2.